The van der Waals surface area contributed by atoms with Gasteiger partial charge in [-0.05, 0) is 31.5 Å². The Hall–Kier alpha value is -2.83. The molecule has 0 aliphatic carbocycles. The summed E-state index contributed by atoms with van der Waals surface area (Å²) in [5, 5.41) is 13.5. The van der Waals surface area contributed by atoms with E-state index in [1.165, 1.54) is 4.90 Å². The van der Waals surface area contributed by atoms with Crippen LogP contribution < -0.4 is 0 Å². The highest BCUT2D eigenvalue weighted by atomic mass is 16.4. The molecule has 130 valence electrons. The van der Waals surface area contributed by atoms with Crippen LogP contribution in [-0.4, -0.2) is 62.4 Å². The third-order valence-corrected chi connectivity index (χ3v) is 5.22. The van der Waals surface area contributed by atoms with E-state index in [2.05, 4.69) is 5.10 Å². The van der Waals surface area contributed by atoms with Gasteiger partial charge in [-0.2, -0.15) is 5.10 Å². The fraction of sp³-hybridized carbons (Fsp3) is 0.389. The van der Waals surface area contributed by atoms with Crippen LogP contribution in [0.5, 0.6) is 0 Å². The van der Waals surface area contributed by atoms with Crippen LogP contribution in [0.2, 0.25) is 0 Å². The van der Waals surface area contributed by atoms with Gasteiger partial charge in [0.1, 0.15) is 0 Å². The molecular weight excluding hydrogens is 320 g/mol. The summed E-state index contributed by atoms with van der Waals surface area (Å²) in [6.45, 7) is 3.61. The summed E-state index contributed by atoms with van der Waals surface area (Å²) in [6.07, 6.45) is 3.40. The molecule has 1 aromatic heterocycles. The van der Waals surface area contributed by atoms with E-state index in [1.54, 1.807) is 10.9 Å². The molecule has 2 amide bonds. The van der Waals surface area contributed by atoms with Crippen molar-refractivity contribution in [1.29, 1.82) is 0 Å². The number of hydrogen-bond donors (Lipinski definition) is 1. The smallest absolute Gasteiger partial charge is 0.407 e. The predicted octanol–water partition coefficient (Wildman–Crippen LogP) is 2.01. The van der Waals surface area contributed by atoms with E-state index in [0.717, 1.165) is 17.7 Å². The number of amides is 2. The zero-order valence-corrected chi connectivity index (χ0v) is 14.0. The second-order valence-corrected chi connectivity index (χ2v) is 6.77. The van der Waals surface area contributed by atoms with E-state index in [4.69, 9.17) is 0 Å². The molecule has 0 saturated carbocycles. The van der Waals surface area contributed by atoms with Crippen molar-refractivity contribution in [1.82, 2.24) is 19.6 Å². The molecule has 4 rings (SSSR count). The van der Waals surface area contributed by atoms with Gasteiger partial charge in [-0.1, -0.05) is 11.6 Å². The van der Waals surface area contributed by atoms with Gasteiger partial charge in [0.05, 0.1) is 17.3 Å². The van der Waals surface area contributed by atoms with Crippen LogP contribution in [0.3, 0.4) is 0 Å². The molecule has 0 radical (unpaired) electrons. The lowest BCUT2D eigenvalue weighted by molar-refractivity contribution is -0.0237. The minimum absolute atomic E-state index is 0.0247. The van der Waals surface area contributed by atoms with E-state index < -0.39 is 6.09 Å². The molecule has 7 nitrogen and oxygen atoms in total. The highest BCUT2D eigenvalue weighted by Crippen LogP contribution is 2.34. The molecule has 2 fully saturated rings. The first-order chi connectivity index (χ1) is 12.0. The lowest BCUT2D eigenvalue weighted by Gasteiger charge is -2.52. The largest absolute Gasteiger partial charge is 0.465 e. The average Bonchev–Trinajstić information content (AvgIpc) is 3.09. The monoisotopic (exact) mass is 340 g/mol. The summed E-state index contributed by atoms with van der Waals surface area (Å²) in [4.78, 5) is 27.6. The van der Waals surface area contributed by atoms with E-state index >= 15 is 0 Å². The van der Waals surface area contributed by atoms with Gasteiger partial charge in [0.2, 0.25) is 0 Å². The Balaban J connectivity index is 1.62. The Kier molecular flexibility index (Phi) is 3.71. The molecule has 3 heterocycles. The standard InChI is InChI=1S/C18H20N4O3/c1-12-3-4-15(22-7-2-6-19-22)14(9-12)17(23)21-10-13-5-8-20(18(24)25)11-16(13)21/h2-4,6-7,9,13,16H,5,8,10-11H2,1H3,(H,24,25). The lowest BCUT2D eigenvalue weighted by Crippen LogP contribution is -2.66. The van der Waals surface area contributed by atoms with Crippen molar-refractivity contribution in [3.05, 3.63) is 47.8 Å². The van der Waals surface area contributed by atoms with Crippen molar-refractivity contribution >= 4 is 12.0 Å². The summed E-state index contributed by atoms with van der Waals surface area (Å²) in [5.74, 6) is 0.347. The summed E-state index contributed by atoms with van der Waals surface area (Å²) in [7, 11) is 0. The first-order valence-corrected chi connectivity index (χ1v) is 8.44. The molecule has 1 N–H and O–H groups in total. The topological polar surface area (TPSA) is 78.7 Å². The fourth-order valence-electron chi connectivity index (χ4n) is 3.79. The number of carboxylic acid groups (broad SMARTS) is 1. The van der Waals surface area contributed by atoms with Gasteiger partial charge in [0.15, 0.2) is 0 Å². The summed E-state index contributed by atoms with van der Waals surface area (Å²) < 4.78 is 1.69. The first-order valence-electron chi connectivity index (χ1n) is 8.44. The maximum absolute atomic E-state index is 13.1. The molecule has 2 aliphatic heterocycles. The highest BCUT2D eigenvalue weighted by molar-refractivity contribution is 5.98. The fourth-order valence-corrected chi connectivity index (χ4v) is 3.79. The third kappa shape index (κ3) is 2.65. The molecule has 2 atom stereocenters. The molecule has 1 aromatic carbocycles. The Morgan fingerprint density at radius 2 is 2.12 bits per heavy atom. The van der Waals surface area contributed by atoms with Gasteiger partial charge in [-0.15, -0.1) is 0 Å². The first kappa shape index (κ1) is 15.7. The quantitative estimate of drug-likeness (QED) is 0.907. The van der Waals surface area contributed by atoms with Gasteiger partial charge in [0, 0.05) is 37.9 Å². The number of likely N-dealkylation sites (tertiary alicyclic amines) is 2. The molecule has 0 spiro atoms. The molecule has 2 aromatic rings. The number of rotatable bonds is 2. The van der Waals surface area contributed by atoms with Crippen molar-refractivity contribution in [2.75, 3.05) is 19.6 Å². The second-order valence-electron chi connectivity index (χ2n) is 6.77. The van der Waals surface area contributed by atoms with E-state index in [1.807, 2.05) is 42.3 Å². The third-order valence-electron chi connectivity index (χ3n) is 5.22. The van der Waals surface area contributed by atoms with Crippen LogP contribution in [0, 0.1) is 12.8 Å². The van der Waals surface area contributed by atoms with E-state index in [0.29, 0.717) is 31.1 Å². The Labute approximate surface area is 145 Å². The predicted molar refractivity (Wildman–Crippen MR) is 90.8 cm³/mol. The molecule has 2 aliphatic rings. The van der Waals surface area contributed by atoms with Crippen molar-refractivity contribution in [2.45, 2.75) is 19.4 Å². The number of carbonyl (C=O) groups is 2. The molecule has 2 unspecified atom stereocenters. The van der Waals surface area contributed by atoms with Crippen LogP contribution in [0.4, 0.5) is 4.79 Å². The van der Waals surface area contributed by atoms with E-state index in [9.17, 15) is 14.7 Å². The maximum atomic E-state index is 13.1. The number of aryl methyl sites for hydroxylation is 1. The number of hydrogen-bond acceptors (Lipinski definition) is 3. The van der Waals surface area contributed by atoms with Crippen LogP contribution in [-0.2, 0) is 0 Å². The van der Waals surface area contributed by atoms with Gasteiger partial charge in [0.25, 0.3) is 5.91 Å². The van der Waals surface area contributed by atoms with Crippen molar-refractivity contribution in [3.8, 4) is 5.69 Å². The molecule has 2 saturated heterocycles. The Morgan fingerprint density at radius 3 is 2.84 bits per heavy atom. The van der Waals surface area contributed by atoms with Gasteiger partial charge in [-0.3, -0.25) is 4.79 Å². The maximum Gasteiger partial charge on any atom is 0.407 e. The van der Waals surface area contributed by atoms with Crippen molar-refractivity contribution < 1.29 is 14.7 Å². The molecule has 0 bridgehead atoms. The number of benzene rings is 1. The van der Waals surface area contributed by atoms with Crippen LogP contribution in [0.15, 0.2) is 36.7 Å². The van der Waals surface area contributed by atoms with Gasteiger partial charge in [-0.25, -0.2) is 9.48 Å². The Bertz CT molecular complexity index is 818. The number of aromatic nitrogens is 2. The van der Waals surface area contributed by atoms with Crippen LogP contribution in [0.25, 0.3) is 5.69 Å². The number of carbonyl (C=O) groups excluding carboxylic acids is 1. The highest BCUT2D eigenvalue weighted by Gasteiger charge is 2.46. The average molecular weight is 340 g/mol. The zero-order valence-electron chi connectivity index (χ0n) is 14.0. The molecular formula is C18H20N4O3. The normalized spacial score (nSPS) is 22.3. The minimum atomic E-state index is -0.912. The summed E-state index contributed by atoms with van der Waals surface area (Å²) >= 11 is 0. The van der Waals surface area contributed by atoms with Crippen LogP contribution in [0.1, 0.15) is 22.3 Å². The number of nitrogens with zero attached hydrogens (tertiary/aromatic N) is 4. The minimum Gasteiger partial charge on any atom is -0.465 e. The summed E-state index contributed by atoms with van der Waals surface area (Å²) in [6, 6.07) is 7.53. The Morgan fingerprint density at radius 1 is 1.28 bits per heavy atom. The second kappa shape index (κ2) is 5.91. The van der Waals surface area contributed by atoms with Gasteiger partial charge < -0.3 is 14.9 Å². The number of piperidine rings is 1. The van der Waals surface area contributed by atoms with Crippen LogP contribution >= 0.6 is 0 Å². The molecule has 7 heteroatoms. The summed E-state index contributed by atoms with van der Waals surface area (Å²) in [5.41, 5.74) is 2.36. The van der Waals surface area contributed by atoms with E-state index in [-0.39, 0.29) is 11.9 Å². The lowest BCUT2D eigenvalue weighted by atomic mass is 9.81. The number of fused-ring (bicyclic) bond motifs is 1. The zero-order chi connectivity index (χ0) is 17.6. The van der Waals surface area contributed by atoms with Gasteiger partial charge >= 0.3 is 6.09 Å². The SMILES string of the molecule is Cc1ccc(-n2cccn2)c(C(=O)N2CC3CCN(C(=O)O)CC32)c1. The van der Waals surface area contributed by atoms with Crippen molar-refractivity contribution in [3.63, 3.8) is 0 Å². The molecule has 25 heavy (non-hydrogen) atoms. The van der Waals surface area contributed by atoms with Crippen molar-refractivity contribution in [2.24, 2.45) is 5.92 Å².